The van der Waals surface area contributed by atoms with Crippen LogP contribution in [0.5, 0.6) is 11.5 Å². The van der Waals surface area contributed by atoms with Gasteiger partial charge in [0.2, 0.25) is 0 Å². The molecule has 0 radical (unpaired) electrons. The molecule has 0 saturated carbocycles. The SMILES string of the molecule is COc1cc(C=C2SC(N3CCN(c4ccc(C)cc4)CC3)=NC2=O)ccc1OCc1ccccc1. The Morgan fingerprint density at radius 2 is 1.64 bits per heavy atom. The van der Waals surface area contributed by atoms with Gasteiger partial charge in [-0.25, -0.2) is 0 Å². The van der Waals surface area contributed by atoms with Gasteiger partial charge in [0.15, 0.2) is 16.7 Å². The number of piperazine rings is 1. The van der Waals surface area contributed by atoms with Gasteiger partial charge in [-0.05, 0) is 60.2 Å². The summed E-state index contributed by atoms with van der Waals surface area (Å²) in [6.45, 7) is 6.03. The average Bonchev–Trinajstić information content (AvgIpc) is 3.28. The van der Waals surface area contributed by atoms with Gasteiger partial charge >= 0.3 is 0 Å². The molecule has 7 heteroatoms. The highest BCUT2D eigenvalue weighted by molar-refractivity contribution is 8.18. The molecule has 2 aliphatic heterocycles. The molecule has 0 atom stereocenters. The standard InChI is InChI=1S/C29H29N3O3S/c1-21-8-11-24(12-9-21)31-14-16-32(17-15-31)29-30-28(33)27(36-29)19-23-10-13-25(26(18-23)34-2)35-20-22-6-4-3-5-7-22/h3-13,18-19H,14-17,20H2,1-2H3. The lowest BCUT2D eigenvalue weighted by molar-refractivity contribution is -0.113. The second-order valence-electron chi connectivity index (χ2n) is 8.80. The largest absolute Gasteiger partial charge is 0.493 e. The predicted molar refractivity (Wildman–Crippen MR) is 147 cm³/mol. The fourth-order valence-electron chi connectivity index (χ4n) is 4.22. The van der Waals surface area contributed by atoms with Crippen LogP contribution >= 0.6 is 11.8 Å². The number of hydrogen-bond acceptors (Lipinski definition) is 6. The fourth-order valence-corrected chi connectivity index (χ4v) is 5.19. The van der Waals surface area contributed by atoms with Gasteiger partial charge in [0.25, 0.3) is 5.91 Å². The summed E-state index contributed by atoms with van der Waals surface area (Å²) < 4.78 is 11.5. The smallest absolute Gasteiger partial charge is 0.286 e. The highest BCUT2D eigenvalue weighted by atomic mass is 32.2. The van der Waals surface area contributed by atoms with Gasteiger partial charge in [-0.3, -0.25) is 4.79 Å². The first-order chi connectivity index (χ1) is 17.6. The zero-order valence-electron chi connectivity index (χ0n) is 20.5. The van der Waals surface area contributed by atoms with Gasteiger partial charge in [0, 0.05) is 31.9 Å². The monoisotopic (exact) mass is 499 g/mol. The normalized spacial score (nSPS) is 16.9. The highest BCUT2D eigenvalue weighted by Gasteiger charge is 2.28. The topological polar surface area (TPSA) is 54.4 Å². The Morgan fingerprint density at radius 3 is 2.36 bits per heavy atom. The number of carbonyl (C=O) groups excluding carboxylic acids is 1. The Balaban J connectivity index is 1.21. The summed E-state index contributed by atoms with van der Waals surface area (Å²) in [7, 11) is 1.62. The van der Waals surface area contributed by atoms with E-state index in [0.717, 1.165) is 42.5 Å². The van der Waals surface area contributed by atoms with E-state index in [9.17, 15) is 4.79 Å². The second kappa shape index (κ2) is 10.9. The fraction of sp³-hybridized carbons (Fsp3) is 0.241. The molecule has 1 saturated heterocycles. The summed E-state index contributed by atoms with van der Waals surface area (Å²) in [5.74, 6) is 1.10. The maximum absolute atomic E-state index is 12.7. The molecule has 0 unspecified atom stereocenters. The van der Waals surface area contributed by atoms with Crippen molar-refractivity contribution in [2.24, 2.45) is 4.99 Å². The molecule has 0 spiro atoms. The van der Waals surface area contributed by atoms with Gasteiger partial charge < -0.3 is 19.3 Å². The molecule has 3 aromatic rings. The first kappa shape index (κ1) is 24.0. The summed E-state index contributed by atoms with van der Waals surface area (Å²) in [4.78, 5) is 22.2. The van der Waals surface area contributed by atoms with E-state index in [2.05, 4.69) is 46.0 Å². The minimum atomic E-state index is -0.195. The Morgan fingerprint density at radius 1 is 0.917 bits per heavy atom. The third-order valence-corrected chi connectivity index (χ3v) is 7.33. The maximum Gasteiger partial charge on any atom is 0.286 e. The van der Waals surface area contributed by atoms with Crippen LogP contribution in [0, 0.1) is 6.92 Å². The van der Waals surface area contributed by atoms with Crippen molar-refractivity contribution in [3.63, 3.8) is 0 Å². The molecule has 1 amide bonds. The van der Waals surface area contributed by atoms with Crippen LogP contribution in [0.25, 0.3) is 6.08 Å². The van der Waals surface area contributed by atoms with Crippen molar-refractivity contribution < 1.29 is 14.3 Å². The second-order valence-corrected chi connectivity index (χ2v) is 9.81. The van der Waals surface area contributed by atoms with Crippen LogP contribution < -0.4 is 14.4 Å². The lowest BCUT2D eigenvalue weighted by Gasteiger charge is -2.36. The number of amidine groups is 1. The average molecular weight is 500 g/mol. The number of nitrogens with zero attached hydrogens (tertiary/aromatic N) is 3. The van der Waals surface area contributed by atoms with Crippen LogP contribution in [-0.2, 0) is 11.4 Å². The van der Waals surface area contributed by atoms with Crippen molar-refractivity contribution in [3.05, 3.63) is 94.4 Å². The van der Waals surface area contributed by atoms with Gasteiger partial charge in [0.05, 0.1) is 12.0 Å². The van der Waals surface area contributed by atoms with Crippen molar-refractivity contribution in [1.29, 1.82) is 0 Å². The number of ether oxygens (including phenoxy) is 2. The molecule has 0 aromatic heterocycles. The van der Waals surface area contributed by atoms with Crippen molar-refractivity contribution in [1.82, 2.24) is 4.90 Å². The molecule has 0 aliphatic carbocycles. The van der Waals surface area contributed by atoms with Gasteiger partial charge in [-0.1, -0.05) is 54.1 Å². The van der Waals surface area contributed by atoms with E-state index in [1.54, 1.807) is 7.11 Å². The van der Waals surface area contributed by atoms with Gasteiger partial charge in [-0.2, -0.15) is 4.99 Å². The van der Waals surface area contributed by atoms with Gasteiger partial charge in [-0.15, -0.1) is 0 Å². The number of benzene rings is 3. The number of rotatable bonds is 6. The molecule has 184 valence electrons. The van der Waals surface area contributed by atoms with Crippen LogP contribution in [0.1, 0.15) is 16.7 Å². The van der Waals surface area contributed by atoms with E-state index in [4.69, 9.17) is 9.47 Å². The lowest BCUT2D eigenvalue weighted by atomic mass is 10.2. The molecule has 1 fully saturated rings. The van der Waals surface area contributed by atoms with E-state index >= 15 is 0 Å². The molecule has 3 aromatic carbocycles. The highest BCUT2D eigenvalue weighted by Crippen LogP contribution is 2.34. The first-order valence-corrected chi connectivity index (χ1v) is 12.8. The molecular weight excluding hydrogens is 470 g/mol. The summed E-state index contributed by atoms with van der Waals surface area (Å²) in [5, 5.41) is 0.782. The number of aryl methyl sites for hydroxylation is 1. The van der Waals surface area contributed by atoms with Gasteiger partial charge in [0.1, 0.15) is 6.61 Å². The molecule has 36 heavy (non-hydrogen) atoms. The van der Waals surface area contributed by atoms with Crippen molar-refractivity contribution in [2.45, 2.75) is 13.5 Å². The van der Waals surface area contributed by atoms with Crippen LogP contribution in [-0.4, -0.2) is 49.3 Å². The Hall–Kier alpha value is -3.71. The molecule has 0 N–H and O–H groups in total. The summed E-state index contributed by atoms with van der Waals surface area (Å²) in [6, 6.07) is 24.3. The number of aliphatic imine (C=N–C) groups is 1. The minimum absolute atomic E-state index is 0.195. The summed E-state index contributed by atoms with van der Waals surface area (Å²) in [6.07, 6.45) is 1.87. The zero-order valence-corrected chi connectivity index (χ0v) is 21.3. The molecule has 2 heterocycles. The van der Waals surface area contributed by atoms with Crippen LogP contribution in [0.3, 0.4) is 0 Å². The number of methoxy groups -OCH3 is 1. The lowest BCUT2D eigenvalue weighted by Crippen LogP contribution is -2.47. The molecule has 2 aliphatic rings. The maximum atomic E-state index is 12.7. The van der Waals surface area contributed by atoms with E-state index in [1.165, 1.54) is 23.0 Å². The minimum Gasteiger partial charge on any atom is -0.493 e. The van der Waals surface area contributed by atoms with Crippen molar-refractivity contribution in [2.75, 3.05) is 38.2 Å². The van der Waals surface area contributed by atoms with E-state index in [0.29, 0.717) is 23.0 Å². The molecular formula is C29H29N3O3S. The summed E-state index contributed by atoms with van der Waals surface area (Å²) in [5.41, 5.74) is 4.46. The van der Waals surface area contributed by atoms with E-state index < -0.39 is 0 Å². The van der Waals surface area contributed by atoms with E-state index in [1.807, 2.05) is 54.6 Å². The zero-order chi connectivity index (χ0) is 24.9. The third kappa shape index (κ3) is 5.57. The quantitative estimate of drug-likeness (QED) is 0.425. The number of hydrogen-bond donors (Lipinski definition) is 0. The molecule has 0 bridgehead atoms. The molecule has 6 nitrogen and oxygen atoms in total. The van der Waals surface area contributed by atoms with Crippen molar-refractivity contribution >= 4 is 34.6 Å². The predicted octanol–water partition coefficient (Wildman–Crippen LogP) is 5.38. The third-order valence-electron chi connectivity index (χ3n) is 6.28. The summed E-state index contributed by atoms with van der Waals surface area (Å²) >= 11 is 1.44. The van der Waals surface area contributed by atoms with E-state index in [-0.39, 0.29) is 5.91 Å². The van der Waals surface area contributed by atoms with Crippen LogP contribution in [0.2, 0.25) is 0 Å². The Labute approximate surface area is 216 Å². The van der Waals surface area contributed by atoms with Crippen molar-refractivity contribution in [3.8, 4) is 11.5 Å². The van der Waals surface area contributed by atoms with Crippen LogP contribution in [0.4, 0.5) is 5.69 Å². The Kier molecular flexibility index (Phi) is 7.28. The Bertz CT molecular complexity index is 1280. The molecule has 5 rings (SSSR count). The number of thioether (sulfide) groups is 1. The number of anilines is 1. The number of carbonyl (C=O) groups is 1. The van der Waals surface area contributed by atoms with Crippen LogP contribution in [0.15, 0.2) is 82.7 Å². The first-order valence-electron chi connectivity index (χ1n) is 12.0. The number of amides is 1.